The van der Waals surface area contributed by atoms with Crippen molar-refractivity contribution in [3.05, 3.63) is 64.4 Å². The molecule has 3 N–H and O–H groups in total. The number of rotatable bonds is 9. The Labute approximate surface area is 222 Å². The Morgan fingerprint density at radius 1 is 1.08 bits per heavy atom. The summed E-state index contributed by atoms with van der Waals surface area (Å²) in [6.07, 6.45) is 3.83. The Morgan fingerprint density at radius 3 is 2.68 bits per heavy atom. The van der Waals surface area contributed by atoms with Gasteiger partial charge >= 0.3 is 0 Å². The van der Waals surface area contributed by atoms with Crippen LogP contribution in [0.2, 0.25) is 5.02 Å². The van der Waals surface area contributed by atoms with Crippen molar-refractivity contribution in [1.82, 2.24) is 19.9 Å². The van der Waals surface area contributed by atoms with Crippen molar-refractivity contribution in [3.63, 3.8) is 0 Å². The minimum atomic E-state index is 0.127. The molecule has 2 fully saturated rings. The number of benzene rings is 2. The number of nitrogens with two attached hydrogens (primary N) is 1. The lowest BCUT2D eigenvalue weighted by Gasteiger charge is -2.28. The largest absolute Gasteiger partial charge is 0.486 e. The Bertz CT molecular complexity index is 1270. The van der Waals surface area contributed by atoms with Gasteiger partial charge < -0.3 is 20.7 Å². The van der Waals surface area contributed by atoms with Gasteiger partial charge in [-0.3, -0.25) is 9.69 Å². The van der Waals surface area contributed by atoms with Crippen LogP contribution in [0.1, 0.15) is 48.7 Å². The van der Waals surface area contributed by atoms with E-state index in [1.54, 1.807) is 4.90 Å². The van der Waals surface area contributed by atoms with Crippen molar-refractivity contribution in [1.29, 1.82) is 0 Å². The number of hydrogen-bond acceptors (Lipinski definition) is 8. The Balaban J connectivity index is 1.27. The van der Waals surface area contributed by atoms with Gasteiger partial charge in [0.15, 0.2) is 5.82 Å². The standard InChI is InChI=1S/C27H32ClN7O2/c1-18-12-21(35-11-5-8-25(35)36)15-22(13-18)37-17-24-31-26(29)33-27(32-24)30-16-23(34-9-2-3-10-34)19-6-4-7-20(28)14-19/h4,6-7,12-15,23H,2-3,5,8-11,16-17H2,1H3,(H3,29,30,31,32,33). The summed E-state index contributed by atoms with van der Waals surface area (Å²) >= 11 is 6.28. The number of likely N-dealkylation sites (tertiary alicyclic amines) is 1. The normalized spacial score (nSPS) is 16.8. The van der Waals surface area contributed by atoms with Gasteiger partial charge in [-0.25, -0.2) is 0 Å². The van der Waals surface area contributed by atoms with Crippen molar-refractivity contribution in [3.8, 4) is 5.75 Å². The van der Waals surface area contributed by atoms with E-state index in [1.807, 2.05) is 43.3 Å². The van der Waals surface area contributed by atoms with E-state index in [9.17, 15) is 4.79 Å². The number of anilines is 3. The molecule has 0 aliphatic carbocycles. The molecular formula is C27H32ClN7O2. The van der Waals surface area contributed by atoms with Gasteiger partial charge in [0, 0.05) is 36.3 Å². The molecule has 9 nitrogen and oxygen atoms in total. The topological polar surface area (TPSA) is 110 Å². The maximum absolute atomic E-state index is 12.2. The van der Waals surface area contributed by atoms with Gasteiger partial charge in [-0.15, -0.1) is 0 Å². The molecular weight excluding hydrogens is 490 g/mol. The predicted molar refractivity (Wildman–Crippen MR) is 145 cm³/mol. The highest BCUT2D eigenvalue weighted by molar-refractivity contribution is 6.30. The summed E-state index contributed by atoms with van der Waals surface area (Å²) in [5, 5.41) is 4.07. The van der Waals surface area contributed by atoms with Gasteiger partial charge in [0.1, 0.15) is 12.4 Å². The molecule has 194 valence electrons. The monoisotopic (exact) mass is 521 g/mol. The van der Waals surface area contributed by atoms with Crippen LogP contribution in [0, 0.1) is 6.92 Å². The van der Waals surface area contributed by atoms with Gasteiger partial charge in [-0.2, -0.15) is 15.0 Å². The zero-order valence-electron chi connectivity index (χ0n) is 21.0. The number of nitrogens with one attached hydrogen (secondary N) is 1. The fourth-order valence-corrected chi connectivity index (χ4v) is 5.23. The summed E-state index contributed by atoms with van der Waals surface area (Å²) in [5.41, 5.74) is 9.02. The van der Waals surface area contributed by atoms with E-state index >= 15 is 0 Å². The molecule has 1 unspecified atom stereocenters. The average molecular weight is 522 g/mol. The van der Waals surface area contributed by atoms with Crippen molar-refractivity contribution in [2.45, 2.75) is 45.3 Å². The van der Waals surface area contributed by atoms with E-state index in [4.69, 9.17) is 22.1 Å². The second-order valence-electron chi connectivity index (χ2n) is 9.57. The quantitative estimate of drug-likeness (QED) is 0.427. The lowest BCUT2D eigenvalue weighted by atomic mass is 10.1. The summed E-state index contributed by atoms with van der Waals surface area (Å²) in [6, 6.07) is 13.9. The van der Waals surface area contributed by atoms with E-state index < -0.39 is 0 Å². The van der Waals surface area contributed by atoms with Crippen LogP contribution in [-0.2, 0) is 11.4 Å². The van der Waals surface area contributed by atoms with Crippen LogP contribution in [0.3, 0.4) is 0 Å². The fraction of sp³-hybridized carbons (Fsp3) is 0.407. The van der Waals surface area contributed by atoms with E-state index in [2.05, 4.69) is 31.2 Å². The first-order chi connectivity index (χ1) is 17.9. The molecule has 3 aromatic rings. The Morgan fingerprint density at radius 2 is 1.92 bits per heavy atom. The number of carbonyl (C=O) groups excluding carboxylic acids is 1. The number of aryl methyl sites for hydroxylation is 1. The fourth-order valence-electron chi connectivity index (χ4n) is 5.03. The van der Waals surface area contributed by atoms with Crippen molar-refractivity contribution in [2.75, 3.05) is 42.1 Å². The van der Waals surface area contributed by atoms with Crippen LogP contribution >= 0.6 is 11.6 Å². The molecule has 2 aliphatic heterocycles. The molecule has 0 saturated carbocycles. The second kappa shape index (κ2) is 11.3. The van der Waals surface area contributed by atoms with Crippen LogP contribution in [-0.4, -0.2) is 51.9 Å². The van der Waals surface area contributed by atoms with Crippen molar-refractivity contribution in [2.24, 2.45) is 0 Å². The van der Waals surface area contributed by atoms with Crippen molar-refractivity contribution < 1.29 is 9.53 Å². The molecule has 1 atom stereocenters. The molecule has 2 aliphatic rings. The smallest absolute Gasteiger partial charge is 0.227 e. The number of nitrogens with zero attached hydrogens (tertiary/aromatic N) is 5. The van der Waals surface area contributed by atoms with Gasteiger partial charge in [-0.1, -0.05) is 23.7 Å². The van der Waals surface area contributed by atoms with Crippen LogP contribution < -0.4 is 20.7 Å². The SMILES string of the molecule is Cc1cc(OCc2nc(N)nc(NCC(c3cccc(Cl)c3)N3CCCC3)n2)cc(N2CCCC2=O)c1. The zero-order chi connectivity index (χ0) is 25.8. The number of aromatic nitrogens is 3. The Kier molecular flexibility index (Phi) is 7.71. The highest BCUT2D eigenvalue weighted by Crippen LogP contribution is 2.29. The molecule has 5 rings (SSSR count). The first-order valence-electron chi connectivity index (χ1n) is 12.7. The van der Waals surface area contributed by atoms with E-state index in [-0.39, 0.29) is 24.5 Å². The van der Waals surface area contributed by atoms with Crippen molar-refractivity contribution >= 4 is 35.1 Å². The summed E-state index contributed by atoms with van der Waals surface area (Å²) in [5.74, 6) is 1.76. The summed E-state index contributed by atoms with van der Waals surface area (Å²) in [4.78, 5) is 29.5. The molecule has 3 heterocycles. The van der Waals surface area contributed by atoms with E-state index in [0.29, 0.717) is 30.5 Å². The maximum Gasteiger partial charge on any atom is 0.227 e. The molecule has 37 heavy (non-hydrogen) atoms. The van der Waals surface area contributed by atoms with Gasteiger partial charge in [-0.05, 0) is 74.7 Å². The molecule has 1 aromatic heterocycles. The number of ether oxygens (including phenoxy) is 1. The molecule has 0 radical (unpaired) electrons. The van der Waals surface area contributed by atoms with Gasteiger partial charge in [0.2, 0.25) is 17.8 Å². The molecule has 0 bridgehead atoms. The van der Waals surface area contributed by atoms with Gasteiger partial charge in [0.25, 0.3) is 0 Å². The highest BCUT2D eigenvalue weighted by atomic mass is 35.5. The van der Waals surface area contributed by atoms with E-state index in [1.165, 1.54) is 12.8 Å². The second-order valence-corrected chi connectivity index (χ2v) is 10.0. The lowest BCUT2D eigenvalue weighted by molar-refractivity contribution is -0.117. The third-order valence-electron chi connectivity index (χ3n) is 6.76. The molecule has 1 amide bonds. The average Bonchev–Trinajstić information content (AvgIpc) is 3.55. The minimum Gasteiger partial charge on any atom is -0.486 e. The van der Waals surface area contributed by atoms with Crippen LogP contribution in [0.25, 0.3) is 0 Å². The summed E-state index contributed by atoms with van der Waals surface area (Å²) < 4.78 is 6.01. The lowest BCUT2D eigenvalue weighted by Crippen LogP contribution is -2.31. The maximum atomic E-state index is 12.2. The van der Waals surface area contributed by atoms with Crippen LogP contribution in [0.4, 0.5) is 17.6 Å². The van der Waals surface area contributed by atoms with Crippen LogP contribution in [0.5, 0.6) is 5.75 Å². The third-order valence-corrected chi connectivity index (χ3v) is 6.99. The van der Waals surface area contributed by atoms with E-state index in [0.717, 1.165) is 47.9 Å². The first kappa shape index (κ1) is 25.2. The van der Waals surface area contributed by atoms with Crippen LogP contribution in [0.15, 0.2) is 42.5 Å². The summed E-state index contributed by atoms with van der Waals surface area (Å²) in [7, 11) is 0. The first-order valence-corrected chi connectivity index (χ1v) is 13.1. The molecule has 2 aromatic carbocycles. The highest BCUT2D eigenvalue weighted by Gasteiger charge is 2.24. The predicted octanol–water partition coefficient (Wildman–Crippen LogP) is 4.37. The zero-order valence-corrected chi connectivity index (χ0v) is 21.7. The number of amides is 1. The Hall–Kier alpha value is -3.43. The van der Waals surface area contributed by atoms with Gasteiger partial charge in [0.05, 0.1) is 6.04 Å². The number of halogens is 1. The number of carbonyl (C=O) groups is 1. The molecule has 10 heteroatoms. The molecule has 2 saturated heterocycles. The summed E-state index contributed by atoms with van der Waals surface area (Å²) in [6.45, 7) is 5.53. The minimum absolute atomic E-state index is 0.127. The third kappa shape index (κ3) is 6.29. The number of nitrogen functional groups attached to an aromatic ring is 1. The number of hydrogen-bond donors (Lipinski definition) is 2. The molecule has 0 spiro atoms.